The summed E-state index contributed by atoms with van der Waals surface area (Å²) in [6, 6.07) is 6.26. The molecule has 0 radical (unpaired) electrons. The third kappa shape index (κ3) is 2.10. The van der Waals surface area contributed by atoms with Crippen molar-refractivity contribution in [1.29, 1.82) is 0 Å². The van der Waals surface area contributed by atoms with Crippen LogP contribution < -0.4 is 4.90 Å². The van der Waals surface area contributed by atoms with Gasteiger partial charge in [0.25, 0.3) is 0 Å². The Kier molecular flexibility index (Phi) is 3.36. The summed E-state index contributed by atoms with van der Waals surface area (Å²) in [5.74, 6) is 1.86. The zero-order chi connectivity index (χ0) is 11.8. The van der Waals surface area contributed by atoms with Gasteiger partial charge in [0.05, 0.1) is 0 Å². The highest BCUT2D eigenvalue weighted by Gasteiger charge is 2.36. The predicted molar refractivity (Wildman–Crippen MR) is 77.1 cm³/mol. The first-order valence-corrected chi connectivity index (χ1v) is 7.88. The average molecular weight is 315 g/mol. The Hall–Kier alpha value is -0.210. The summed E-state index contributed by atoms with van der Waals surface area (Å²) >= 11 is 9.83. The van der Waals surface area contributed by atoms with Crippen molar-refractivity contribution in [2.45, 2.75) is 24.6 Å². The number of benzene rings is 1. The first-order valence-electron chi connectivity index (χ1n) is 6.38. The number of anilines is 1. The lowest BCUT2D eigenvalue weighted by molar-refractivity contribution is 0.494. The van der Waals surface area contributed by atoms with E-state index in [9.17, 15) is 0 Å². The van der Waals surface area contributed by atoms with Crippen LogP contribution in [0.25, 0.3) is 0 Å². The minimum absolute atomic E-state index is 0.841. The molecule has 17 heavy (non-hydrogen) atoms. The lowest BCUT2D eigenvalue weighted by Gasteiger charge is -2.23. The third-order valence-corrected chi connectivity index (χ3v) is 5.21. The second kappa shape index (κ2) is 4.81. The number of hydrogen-bond acceptors (Lipinski definition) is 1. The molecule has 1 saturated heterocycles. The van der Waals surface area contributed by atoms with E-state index in [4.69, 9.17) is 11.6 Å². The fourth-order valence-corrected chi connectivity index (χ4v) is 4.39. The van der Waals surface area contributed by atoms with E-state index < -0.39 is 0 Å². The largest absolute Gasteiger partial charge is 0.371 e. The van der Waals surface area contributed by atoms with Gasteiger partial charge in [0.15, 0.2) is 0 Å². The predicted octanol–water partition coefficient (Wildman–Crippen LogP) is 4.47. The van der Waals surface area contributed by atoms with Gasteiger partial charge in [-0.1, -0.05) is 40.0 Å². The highest BCUT2D eigenvalue weighted by atomic mass is 79.9. The van der Waals surface area contributed by atoms with Crippen LogP contribution in [0.15, 0.2) is 18.2 Å². The van der Waals surface area contributed by atoms with E-state index in [1.165, 1.54) is 43.6 Å². The number of hydrogen-bond donors (Lipinski definition) is 0. The Morgan fingerprint density at radius 3 is 2.59 bits per heavy atom. The number of fused-ring (bicyclic) bond motifs is 1. The number of halogens is 2. The van der Waals surface area contributed by atoms with Crippen LogP contribution in [0.4, 0.5) is 5.69 Å². The SMILES string of the molecule is Clc1cccc(N2CC3CCCC3C2)c1CBr. The third-order valence-electron chi connectivity index (χ3n) is 4.29. The van der Waals surface area contributed by atoms with Gasteiger partial charge in [0.2, 0.25) is 0 Å². The molecule has 1 heterocycles. The minimum atomic E-state index is 0.841. The molecule has 1 aliphatic carbocycles. The molecule has 1 nitrogen and oxygen atoms in total. The molecule has 0 N–H and O–H groups in total. The Morgan fingerprint density at radius 2 is 1.94 bits per heavy atom. The van der Waals surface area contributed by atoms with Crippen LogP contribution >= 0.6 is 27.5 Å². The summed E-state index contributed by atoms with van der Waals surface area (Å²) in [5.41, 5.74) is 2.58. The normalized spacial score (nSPS) is 27.5. The molecule has 3 heteroatoms. The van der Waals surface area contributed by atoms with Crippen molar-refractivity contribution in [1.82, 2.24) is 0 Å². The summed E-state index contributed by atoms with van der Waals surface area (Å²) in [7, 11) is 0. The number of rotatable bonds is 2. The lowest BCUT2D eigenvalue weighted by atomic mass is 10.0. The van der Waals surface area contributed by atoms with Crippen molar-refractivity contribution < 1.29 is 0 Å². The zero-order valence-electron chi connectivity index (χ0n) is 9.83. The molecule has 0 spiro atoms. The van der Waals surface area contributed by atoms with Gasteiger partial charge in [0, 0.05) is 34.7 Å². The highest BCUT2D eigenvalue weighted by Crippen LogP contribution is 2.41. The quantitative estimate of drug-likeness (QED) is 0.728. The number of nitrogens with zero attached hydrogens (tertiary/aromatic N) is 1. The zero-order valence-corrected chi connectivity index (χ0v) is 12.2. The van der Waals surface area contributed by atoms with Crippen LogP contribution in [-0.4, -0.2) is 13.1 Å². The Balaban J connectivity index is 1.88. The lowest BCUT2D eigenvalue weighted by Crippen LogP contribution is -2.21. The Bertz CT molecular complexity index is 409. The molecule has 0 aromatic heterocycles. The highest BCUT2D eigenvalue weighted by molar-refractivity contribution is 9.08. The molecule has 0 bridgehead atoms. The molecule has 2 atom stereocenters. The van der Waals surface area contributed by atoms with E-state index in [1.807, 2.05) is 6.07 Å². The van der Waals surface area contributed by atoms with Gasteiger partial charge in [-0.2, -0.15) is 0 Å². The maximum atomic E-state index is 6.27. The van der Waals surface area contributed by atoms with E-state index in [2.05, 4.69) is 33.0 Å². The van der Waals surface area contributed by atoms with Gasteiger partial charge < -0.3 is 4.90 Å². The molecule has 3 rings (SSSR count). The van der Waals surface area contributed by atoms with Crippen molar-refractivity contribution in [3.8, 4) is 0 Å². The van der Waals surface area contributed by atoms with Gasteiger partial charge in [-0.15, -0.1) is 0 Å². The topological polar surface area (TPSA) is 3.24 Å². The molecule has 92 valence electrons. The van der Waals surface area contributed by atoms with Crippen molar-refractivity contribution in [3.05, 3.63) is 28.8 Å². The maximum Gasteiger partial charge on any atom is 0.0467 e. The van der Waals surface area contributed by atoms with Crippen LogP contribution in [0.2, 0.25) is 5.02 Å². The van der Waals surface area contributed by atoms with Gasteiger partial charge >= 0.3 is 0 Å². The van der Waals surface area contributed by atoms with Crippen molar-refractivity contribution in [2.75, 3.05) is 18.0 Å². The Labute approximate surface area is 116 Å². The summed E-state index contributed by atoms with van der Waals surface area (Å²) in [6.07, 6.45) is 4.28. The summed E-state index contributed by atoms with van der Waals surface area (Å²) in [6.45, 7) is 2.45. The van der Waals surface area contributed by atoms with Crippen LogP contribution in [0, 0.1) is 11.8 Å². The van der Waals surface area contributed by atoms with Crippen molar-refractivity contribution >= 4 is 33.2 Å². The van der Waals surface area contributed by atoms with Gasteiger partial charge in [-0.05, 0) is 36.8 Å². The standard InChI is InChI=1S/C14H17BrClN/c15-7-12-13(16)5-2-6-14(12)17-8-10-3-1-4-11(10)9-17/h2,5-6,10-11H,1,3-4,7-9H2. The van der Waals surface area contributed by atoms with Crippen LogP contribution in [0.1, 0.15) is 24.8 Å². The molecule has 1 saturated carbocycles. The molecule has 2 fully saturated rings. The minimum Gasteiger partial charge on any atom is -0.371 e. The second-order valence-electron chi connectivity index (χ2n) is 5.23. The van der Waals surface area contributed by atoms with E-state index in [0.717, 1.165) is 22.2 Å². The van der Waals surface area contributed by atoms with E-state index >= 15 is 0 Å². The monoisotopic (exact) mass is 313 g/mol. The first kappa shape index (κ1) is 11.9. The van der Waals surface area contributed by atoms with Crippen LogP contribution in [0.3, 0.4) is 0 Å². The van der Waals surface area contributed by atoms with E-state index in [-0.39, 0.29) is 0 Å². The summed E-state index contributed by atoms with van der Waals surface area (Å²) < 4.78 is 0. The first-order chi connectivity index (χ1) is 8.29. The molecule has 2 unspecified atom stereocenters. The summed E-state index contributed by atoms with van der Waals surface area (Å²) in [4.78, 5) is 2.54. The molecule has 1 aliphatic heterocycles. The van der Waals surface area contributed by atoms with Gasteiger partial charge in [0.1, 0.15) is 0 Å². The smallest absolute Gasteiger partial charge is 0.0467 e. The molecule has 1 aromatic rings. The van der Waals surface area contributed by atoms with Crippen LogP contribution in [-0.2, 0) is 5.33 Å². The van der Waals surface area contributed by atoms with Crippen molar-refractivity contribution in [3.63, 3.8) is 0 Å². The summed E-state index contributed by atoms with van der Waals surface area (Å²) in [5, 5.41) is 1.73. The number of alkyl halides is 1. The molecule has 1 aromatic carbocycles. The van der Waals surface area contributed by atoms with E-state index in [1.54, 1.807) is 0 Å². The van der Waals surface area contributed by atoms with Gasteiger partial charge in [-0.25, -0.2) is 0 Å². The van der Waals surface area contributed by atoms with Gasteiger partial charge in [-0.3, -0.25) is 0 Å². The fraction of sp³-hybridized carbons (Fsp3) is 0.571. The second-order valence-corrected chi connectivity index (χ2v) is 6.20. The van der Waals surface area contributed by atoms with Crippen molar-refractivity contribution in [2.24, 2.45) is 11.8 Å². The molecule has 0 amide bonds. The maximum absolute atomic E-state index is 6.27. The molecular weight excluding hydrogens is 298 g/mol. The molecule has 2 aliphatic rings. The molecular formula is C14H17BrClN. The fourth-order valence-electron chi connectivity index (χ4n) is 3.41. The van der Waals surface area contributed by atoms with Crippen LogP contribution in [0.5, 0.6) is 0 Å². The Morgan fingerprint density at radius 1 is 1.24 bits per heavy atom. The average Bonchev–Trinajstić information content (AvgIpc) is 2.88. The van der Waals surface area contributed by atoms with E-state index in [0.29, 0.717) is 0 Å².